The van der Waals surface area contributed by atoms with Crippen molar-refractivity contribution in [3.8, 4) is 11.3 Å². The predicted octanol–water partition coefficient (Wildman–Crippen LogP) is 7.02. The van der Waals surface area contributed by atoms with Gasteiger partial charge in [0.1, 0.15) is 0 Å². The van der Waals surface area contributed by atoms with Crippen molar-refractivity contribution < 1.29 is 0 Å². The normalized spacial score (nSPS) is 11.3. The van der Waals surface area contributed by atoms with Gasteiger partial charge in [0.25, 0.3) is 0 Å². The van der Waals surface area contributed by atoms with Crippen molar-refractivity contribution in [1.29, 1.82) is 0 Å². The number of hydrogen-bond acceptors (Lipinski definition) is 2. The van der Waals surface area contributed by atoms with Crippen molar-refractivity contribution in [2.75, 3.05) is 0 Å². The Kier molecular flexibility index (Phi) is 3.99. The van der Waals surface area contributed by atoms with Gasteiger partial charge in [0, 0.05) is 31.9 Å². The van der Waals surface area contributed by atoms with Crippen LogP contribution in [0.5, 0.6) is 0 Å². The maximum absolute atomic E-state index is 4.71. The Labute approximate surface area is 162 Å². The summed E-state index contributed by atoms with van der Waals surface area (Å²) in [6.45, 7) is 2.20. The smallest absolute Gasteiger partial charge is 0.0719 e. The van der Waals surface area contributed by atoms with Gasteiger partial charge >= 0.3 is 0 Å². The van der Waals surface area contributed by atoms with Gasteiger partial charge in [-0.25, -0.2) is 0 Å². The summed E-state index contributed by atoms with van der Waals surface area (Å²) in [7, 11) is 0. The molecule has 0 N–H and O–H groups in total. The van der Waals surface area contributed by atoms with Crippen LogP contribution in [0, 0.1) is 6.92 Å². The minimum absolute atomic E-state index is 0.928. The minimum Gasteiger partial charge on any atom is -0.256 e. The zero-order chi connectivity index (χ0) is 18.2. The van der Waals surface area contributed by atoms with Crippen LogP contribution in [0.4, 0.5) is 0 Å². The zero-order valence-corrected chi connectivity index (χ0v) is 16.0. The second kappa shape index (κ2) is 6.64. The standard InChI is InChI=1S/C25H19NS/c1-17-11-12-20(25-24(17)21-9-5-6-10-23(21)27-25)22-16-19(13-14-26-22)15-18-7-3-2-4-8-18/h2-14,16H,15H2,1H3. The maximum Gasteiger partial charge on any atom is 0.0719 e. The zero-order valence-electron chi connectivity index (χ0n) is 15.1. The van der Waals surface area contributed by atoms with Gasteiger partial charge in [0.15, 0.2) is 0 Å². The Balaban J connectivity index is 1.66. The van der Waals surface area contributed by atoms with E-state index >= 15 is 0 Å². The fourth-order valence-electron chi connectivity index (χ4n) is 3.76. The fraction of sp³-hybridized carbons (Fsp3) is 0.0800. The van der Waals surface area contributed by atoms with Gasteiger partial charge in [-0.15, -0.1) is 11.3 Å². The molecule has 0 aliphatic heterocycles. The highest BCUT2D eigenvalue weighted by atomic mass is 32.1. The molecular weight excluding hydrogens is 346 g/mol. The first kappa shape index (κ1) is 16.2. The lowest BCUT2D eigenvalue weighted by Crippen LogP contribution is -1.91. The molecule has 130 valence electrons. The van der Waals surface area contributed by atoms with Gasteiger partial charge in [-0.2, -0.15) is 0 Å². The van der Waals surface area contributed by atoms with Crippen LogP contribution < -0.4 is 0 Å². The third-order valence-corrected chi connectivity index (χ3v) is 6.29. The highest BCUT2D eigenvalue weighted by molar-refractivity contribution is 7.26. The summed E-state index contributed by atoms with van der Waals surface area (Å²) in [5.41, 5.74) is 6.23. The number of fused-ring (bicyclic) bond motifs is 3. The van der Waals surface area contributed by atoms with E-state index in [9.17, 15) is 0 Å². The first-order valence-electron chi connectivity index (χ1n) is 9.20. The Morgan fingerprint density at radius 2 is 1.63 bits per heavy atom. The van der Waals surface area contributed by atoms with E-state index in [1.165, 1.54) is 42.4 Å². The van der Waals surface area contributed by atoms with E-state index in [1.807, 2.05) is 17.5 Å². The molecular formula is C25H19NS. The third-order valence-electron chi connectivity index (χ3n) is 5.09. The van der Waals surface area contributed by atoms with Gasteiger partial charge in [-0.3, -0.25) is 4.98 Å². The SMILES string of the molecule is Cc1ccc(-c2cc(Cc3ccccc3)ccn2)c2sc3ccccc3c12. The van der Waals surface area contributed by atoms with Gasteiger partial charge < -0.3 is 0 Å². The van der Waals surface area contributed by atoms with Gasteiger partial charge in [-0.1, -0.05) is 60.7 Å². The van der Waals surface area contributed by atoms with Crippen molar-refractivity contribution in [1.82, 2.24) is 4.98 Å². The van der Waals surface area contributed by atoms with Crippen LogP contribution in [0.15, 0.2) is 85.1 Å². The van der Waals surface area contributed by atoms with Crippen LogP contribution in [-0.4, -0.2) is 4.98 Å². The Morgan fingerprint density at radius 3 is 2.52 bits per heavy atom. The average molecular weight is 366 g/mol. The van der Waals surface area contributed by atoms with E-state index in [4.69, 9.17) is 4.98 Å². The predicted molar refractivity (Wildman–Crippen MR) is 117 cm³/mol. The van der Waals surface area contributed by atoms with E-state index in [1.54, 1.807) is 0 Å². The van der Waals surface area contributed by atoms with E-state index in [2.05, 4.69) is 85.8 Å². The van der Waals surface area contributed by atoms with E-state index in [-0.39, 0.29) is 0 Å². The summed E-state index contributed by atoms with van der Waals surface area (Å²) in [5.74, 6) is 0. The number of benzene rings is 3. The molecule has 2 heterocycles. The van der Waals surface area contributed by atoms with Gasteiger partial charge in [0.2, 0.25) is 0 Å². The number of rotatable bonds is 3. The van der Waals surface area contributed by atoms with Crippen molar-refractivity contribution in [2.45, 2.75) is 13.3 Å². The van der Waals surface area contributed by atoms with Crippen molar-refractivity contribution in [2.24, 2.45) is 0 Å². The van der Waals surface area contributed by atoms with Crippen LogP contribution in [0.1, 0.15) is 16.7 Å². The summed E-state index contributed by atoms with van der Waals surface area (Å²) in [5, 5.41) is 2.71. The topological polar surface area (TPSA) is 12.9 Å². The lowest BCUT2D eigenvalue weighted by atomic mass is 10.00. The molecule has 2 heteroatoms. The Morgan fingerprint density at radius 1 is 0.815 bits per heavy atom. The molecule has 0 spiro atoms. The maximum atomic E-state index is 4.71. The van der Waals surface area contributed by atoms with Crippen LogP contribution in [-0.2, 0) is 6.42 Å². The lowest BCUT2D eigenvalue weighted by molar-refractivity contribution is 1.17. The highest BCUT2D eigenvalue weighted by Gasteiger charge is 2.13. The molecule has 0 atom stereocenters. The summed E-state index contributed by atoms with van der Waals surface area (Å²) >= 11 is 1.87. The molecule has 5 rings (SSSR count). The quantitative estimate of drug-likeness (QED) is 0.335. The molecule has 1 nitrogen and oxygen atoms in total. The number of nitrogens with zero attached hydrogens (tertiary/aromatic N) is 1. The first-order valence-corrected chi connectivity index (χ1v) is 10.0. The van der Waals surface area contributed by atoms with Crippen LogP contribution >= 0.6 is 11.3 Å². The number of aryl methyl sites for hydroxylation is 1. The first-order chi connectivity index (χ1) is 13.3. The third kappa shape index (κ3) is 2.92. The monoisotopic (exact) mass is 365 g/mol. The second-order valence-electron chi connectivity index (χ2n) is 6.94. The van der Waals surface area contributed by atoms with Crippen molar-refractivity contribution in [3.05, 3.63) is 102 Å². The molecule has 0 bridgehead atoms. The number of aromatic nitrogens is 1. The molecule has 5 aromatic rings. The molecule has 0 amide bonds. The lowest BCUT2D eigenvalue weighted by Gasteiger charge is -2.08. The minimum atomic E-state index is 0.928. The molecule has 27 heavy (non-hydrogen) atoms. The van der Waals surface area contributed by atoms with Crippen molar-refractivity contribution >= 4 is 31.5 Å². The molecule has 3 aromatic carbocycles. The molecule has 0 aliphatic rings. The fourth-order valence-corrected chi connectivity index (χ4v) is 5.06. The summed E-state index contributed by atoms with van der Waals surface area (Å²) in [4.78, 5) is 4.71. The highest BCUT2D eigenvalue weighted by Crippen LogP contribution is 2.41. The van der Waals surface area contributed by atoms with E-state index < -0.39 is 0 Å². The second-order valence-corrected chi connectivity index (χ2v) is 8.00. The summed E-state index contributed by atoms with van der Waals surface area (Å²) in [6.07, 6.45) is 2.87. The number of pyridine rings is 1. The van der Waals surface area contributed by atoms with Crippen molar-refractivity contribution in [3.63, 3.8) is 0 Å². The largest absolute Gasteiger partial charge is 0.256 e. The van der Waals surface area contributed by atoms with Gasteiger partial charge in [0.05, 0.1) is 5.69 Å². The molecule has 2 aromatic heterocycles. The van der Waals surface area contributed by atoms with E-state index in [0.29, 0.717) is 0 Å². The summed E-state index contributed by atoms with van der Waals surface area (Å²) < 4.78 is 2.67. The Hall–Kier alpha value is -2.97. The summed E-state index contributed by atoms with van der Waals surface area (Å²) in [6, 6.07) is 28.1. The average Bonchev–Trinajstić information content (AvgIpc) is 3.10. The van der Waals surface area contributed by atoms with Crippen LogP contribution in [0.25, 0.3) is 31.4 Å². The van der Waals surface area contributed by atoms with Crippen LogP contribution in [0.2, 0.25) is 0 Å². The van der Waals surface area contributed by atoms with E-state index in [0.717, 1.165) is 12.1 Å². The van der Waals surface area contributed by atoms with Crippen LogP contribution in [0.3, 0.4) is 0 Å². The molecule has 0 saturated carbocycles. The molecule has 0 fully saturated rings. The molecule has 0 saturated heterocycles. The molecule has 0 aliphatic carbocycles. The molecule has 0 radical (unpaired) electrons. The number of thiophene rings is 1. The number of hydrogen-bond donors (Lipinski definition) is 0. The molecule has 0 unspecified atom stereocenters. The Bertz CT molecular complexity index is 1250. The van der Waals surface area contributed by atoms with Gasteiger partial charge in [-0.05, 0) is 48.2 Å².